The fourth-order valence-electron chi connectivity index (χ4n) is 4.26. The Morgan fingerprint density at radius 1 is 1.17 bits per heavy atom. The number of carbonyl (C=O) groups excluding carboxylic acids is 1. The number of carbonyl (C=O) groups is 1. The summed E-state index contributed by atoms with van der Waals surface area (Å²) in [6.45, 7) is 4.95. The monoisotopic (exact) mass is 416 g/mol. The third-order valence-corrected chi connectivity index (χ3v) is 5.93. The van der Waals surface area contributed by atoms with Crippen LogP contribution in [0.2, 0.25) is 0 Å². The quantitative estimate of drug-likeness (QED) is 0.387. The third-order valence-electron chi connectivity index (χ3n) is 5.93. The lowest BCUT2D eigenvalue weighted by molar-refractivity contribution is -0.132. The van der Waals surface area contributed by atoms with Gasteiger partial charge in [0, 0.05) is 38.6 Å². The minimum atomic E-state index is 0.194. The summed E-state index contributed by atoms with van der Waals surface area (Å²) in [6, 6.07) is 4.56. The van der Waals surface area contributed by atoms with Crippen molar-refractivity contribution < 1.29 is 14.3 Å². The molecule has 1 amide bonds. The lowest BCUT2D eigenvalue weighted by Gasteiger charge is -2.29. The van der Waals surface area contributed by atoms with Gasteiger partial charge in [0.1, 0.15) is 0 Å². The first kappa shape index (κ1) is 22.2. The minimum Gasteiger partial charge on any atom is -0.493 e. The molecule has 1 aliphatic heterocycles. The van der Waals surface area contributed by atoms with Crippen molar-refractivity contribution in [2.45, 2.75) is 64.5 Å². The van der Waals surface area contributed by atoms with E-state index < -0.39 is 0 Å². The summed E-state index contributed by atoms with van der Waals surface area (Å²) in [7, 11) is 3.29. The SMILES string of the molecule is CCNC(=NCCCC(=O)N1CCc2cc(OC)c(OC)cc2C1)NC1CCCC1. The summed E-state index contributed by atoms with van der Waals surface area (Å²) >= 11 is 0. The first-order chi connectivity index (χ1) is 14.6. The molecule has 3 rings (SSSR count). The first-order valence-electron chi connectivity index (χ1n) is 11.2. The maximum absolute atomic E-state index is 12.7. The van der Waals surface area contributed by atoms with E-state index in [0.717, 1.165) is 43.2 Å². The summed E-state index contributed by atoms with van der Waals surface area (Å²) in [5.74, 6) is 2.53. The zero-order chi connectivity index (χ0) is 21.3. The second-order valence-corrected chi connectivity index (χ2v) is 8.03. The van der Waals surface area contributed by atoms with Crippen LogP contribution in [-0.4, -0.2) is 56.7 Å². The summed E-state index contributed by atoms with van der Waals surface area (Å²) in [5.41, 5.74) is 2.37. The predicted octanol–water partition coefficient (Wildman–Crippen LogP) is 2.87. The molecule has 1 aromatic rings. The number of benzene rings is 1. The van der Waals surface area contributed by atoms with Crippen LogP contribution in [0.25, 0.3) is 0 Å². The molecule has 2 aliphatic rings. The van der Waals surface area contributed by atoms with E-state index >= 15 is 0 Å². The highest BCUT2D eigenvalue weighted by molar-refractivity contribution is 5.80. The van der Waals surface area contributed by atoms with Crippen molar-refractivity contribution in [2.24, 2.45) is 4.99 Å². The smallest absolute Gasteiger partial charge is 0.222 e. The van der Waals surface area contributed by atoms with Crippen LogP contribution in [0.3, 0.4) is 0 Å². The van der Waals surface area contributed by atoms with Gasteiger partial charge in [-0.15, -0.1) is 0 Å². The van der Waals surface area contributed by atoms with Crippen molar-refractivity contribution in [1.82, 2.24) is 15.5 Å². The van der Waals surface area contributed by atoms with E-state index in [1.54, 1.807) is 14.2 Å². The number of ether oxygens (including phenoxy) is 2. The number of nitrogens with one attached hydrogen (secondary N) is 2. The van der Waals surface area contributed by atoms with Crippen LogP contribution in [-0.2, 0) is 17.8 Å². The number of guanidine groups is 1. The molecule has 0 atom stereocenters. The zero-order valence-corrected chi connectivity index (χ0v) is 18.6. The maximum Gasteiger partial charge on any atom is 0.222 e. The molecule has 30 heavy (non-hydrogen) atoms. The normalized spacial score (nSPS) is 16.9. The molecule has 1 heterocycles. The molecule has 166 valence electrons. The molecule has 0 aromatic heterocycles. The second-order valence-electron chi connectivity index (χ2n) is 8.03. The average Bonchev–Trinajstić information content (AvgIpc) is 3.28. The van der Waals surface area contributed by atoms with Gasteiger partial charge in [-0.1, -0.05) is 12.8 Å². The van der Waals surface area contributed by atoms with Crippen LogP contribution in [0.15, 0.2) is 17.1 Å². The Balaban J connectivity index is 1.49. The van der Waals surface area contributed by atoms with E-state index in [2.05, 4.69) is 22.5 Å². The van der Waals surface area contributed by atoms with Gasteiger partial charge in [-0.25, -0.2) is 0 Å². The van der Waals surface area contributed by atoms with Gasteiger partial charge in [-0.3, -0.25) is 9.79 Å². The fraction of sp³-hybridized carbons (Fsp3) is 0.652. The molecule has 1 saturated carbocycles. The molecule has 0 spiro atoms. The van der Waals surface area contributed by atoms with Gasteiger partial charge in [0.05, 0.1) is 14.2 Å². The average molecular weight is 417 g/mol. The number of fused-ring (bicyclic) bond motifs is 1. The van der Waals surface area contributed by atoms with E-state index in [0.29, 0.717) is 31.3 Å². The van der Waals surface area contributed by atoms with E-state index in [9.17, 15) is 4.79 Å². The van der Waals surface area contributed by atoms with Gasteiger partial charge >= 0.3 is 0 Å². The Bertz CT molecular complexity index is 744. The highest BCUT2D eigenvalue weighted by Crippen LogP contribution is 2.33. The number of hydrogen-bond acceptors (Lipinski definition) is 4. The van der Waals surface area contributed by atoms with E-state index in [-0.39, 0.29) is 5.91 Å². The highest BCUT2D eigenvalue weighted by atomic mass is 16.5. The van der Waals surface area contributed by atoms with Gasteiger partial charge in [0.25, 0.3) is 0 Å². The van der Waals surface area contributed by atoms with Crippen LogP contribution in [0.5, 0.6) is 11.5 Å². The van der Waals surface area contributed by atoms with Crippen molar-refractivity contribution in [3.8, 4) is 11.5 Å². The van der Waals surface area contributed by atoms with Crippen LogP contribution < -0.4 is 20.1 Å². The molecule has 7 heteroatoms. The molecule has 0 saturated heterocycles. The van der Waals surface area contributed by atoms with E-state index in [1.807, 2.05) is 17.0 Å². The Morgan fingerprint density at radius 3 is 2.53 bits per heavy atom. The van der Waals surface area contributed by atoms with E-state index in [4.69, 9.17) is 9.47 Å². The first-order valence-corrected chi connectivity index (χ1v) is 11.2. The molecule has 0 bridgehead atoms. The second kappa shape index (κ2) is 11.1. The number of nitrogens with zero attached hydrogens (tertiary/aromatic N) is 2. The summed E-state index contributed by atoms with van der Waals surface area (Å²) in [6.07, 6.45) is 7.15. The highest BCUT2D eigenvalue weighted by Gasteiger charge is 2.22. The summed E-state index contributed by atoms with van der Waals surface area (Å²) in [4.78, 5) is 19.3. The maximum atomic E-state index is 12.7. The molecular weight excluding hydrogens is 380 g/mol. The summed E-state index contributed by atoms with van der Waals surface area (Å²) < 4.78 is 10.8. The van der Waals surface area contributed by atoms with Crippen molar-refractivity contribution >= 4 is 11.9 Å². The van der Waals surface area contributed by atoms with Gasteiger partial charge in [-0.2, -0.15) is 0 Å². The predicted molar refractivity (Wildman–Crippen MR) is 119 cm³/mol. The molecule has 1 aromatic carbocycles. The van der Waals surface area contributed by atoms with Gasteiger partial charge in [0.15, 0.2) is 17.5 Å². The topological polar surface area (TPSA) is 75.2 Å². The molecule has 0 radical (unpaired) electrons. The van der Waals surface area contributed by atoms with Crippen molar-refractivity contribution in [3.63, 3.8) is 0 Å². The van der Waals surface area contributed by atoms with Crippen LogP contribution in [0.1, 0.15) is 56.6 Å². The van der Waals surface area contributed by atoms with Crippen molar-refractivity contribution in [3.05, 3.63) is 23.3 Å². The molecular formula is C23H36N4O3. The number of amides is 1. The number of aliphatic imine (C=N–C) groups is 1. The molecule has 7 nitrogen and oxygen atoms in total. The fourth-order valence-corrected chi connectivity index (χ4v) is 4.26. The Kier molecular flexibility index (Phi) is 8.22. The van der Waals surface area contributed by atoms with Crippen molar-refractivity contribution in [2.75, 3.05) is 33.9 Å². The standard InChI is InChI=1S/C23H36N4O3/c1-4-24-23(26-19-8-5-6-9-19)25-12-7-10-22(28)27-13-11-17-14-20(29-2)21(30-3)15-18(17)16-27/h14-15,19H,4-13,16H2,1-3H3,(H2,24,25,26). The molecule has 1 aliphatic carbocycles. The zero-order valence-electron chi connectivity index (χ0n) is 18.6. The Morgan fingerprint density at radius 2 is 1.87 bits per heavy atom. The molecule has 2 N–H and O–H groups in total. The Labute approximate surface area is 180 Å². The number of hydrogen-bond donors (Lipinski definition) is 2. The van der Waals surface area contributed by atoms with Crippen molar-refractivity contribution in [1.29, 1.82) is 0 Å². The van der Waals surface area contributed by atoms with Crippen LogP contribution >= 0.6 is 0 Å². The molecule has 0 unspecified atom stereocenters. The largest absolute Gasteiger partial charge is 0.493 e. The van der Waals surface area contributed by atoms with Gasteiger partial charge in [-0.05, 0) is 55.9 Å². The van der Waals surface area contributed by atoms with Gasteiger partial charge < -0.3 is 25.0 Å². The number of rotatable bonds is 8. The number of methoxy groups -OCH3 is 2. The van der Waals surface area contributed by atoms with Crippen LogP contribution in [0, 0.1) is 0 Å². The minimum absolute atomic E-state index is 0.194. The third kappa shape index (κ3) is 5.80. The van der Waals surface area contributed by atoms with E-state index in [1.165, 1.54) is 31.2 Å². The summed E-state index contributed by atoms with van der Waals surface area (Å²) in [5, 5.41) is 6.83. The lowest BCUT2D eigenvalue weighted by atomic mass is 9.98. The van der Waals surface area contributed by atoms with Crippen LogP contribution in [0.4, 0.5) is 0 Å². The van der Waals surface area contributed by atoms with Gasteiger partial charge in [0.2, 0.25) is 5.91 Å². The molecule has 1 fully saturated rings. The lowest BCUT2D eigenvalue weighted by Crippen LogP contribution is -2.42. The Hall–Kier alpha value is -2.44.